The van der Waals surface area contributed by atoms with Crippen molar-refractivity contribution >= 4 is 5.97 Å². The lowest BCUT2D eigenvalue weighted by atomic mass is 9.85. The van der Waals surface area contributed by atoms with Gasteiger partial charge in [-0.2, -0.15) is 0 Å². The van der Waals surface area contributed by atoms with Gasteiger partial charge in [-0.15, -0.1) is 0 Å². The highest BCUT2D eigenvalue weighted by atomic mass is 19.1. The Kier molecular flexibility index (Phi) is 4.43. The van der Waals surface area contributed by atoms with Crippen LogP contribution in [0.5, 0.6) is 0 Å². The van der Waals surface area contributed by atoms with Gasteiger partial charge in [0, 0.05) is 19.0 Å². The molecule has 1 fully saturated rings. The molecule has 1 aliphatic heterocycles. The van der Waals surface area contributed by atoms with Crippen LogP contribution in [0.15, 0.2) is 24.3 Å². The van der Waals surface area contributed by atoms with Gasteiger partial charge in [-0.05, 0) is 38.8 Å². The number of hydrogen-bond acceptors (Lipinski definition) is 3. The molecule has 0 amide bonds. The van der Waals surface area contributed by atoms with Gasteiger partial charge in [-0.1, -0.05) is 18.2 Å². The number of carbonyl (C=O) groups excluding carboxylic acids is 1. The SMILES string of the molecule is CC(C)(C)OC(=O)C1CNCC(c2ccccc2F)C1. The fraction of sp³-hybridized carbons (Fsp3) is 0.562. The van der Waals surface area contributed by atoms with Crippen LogP contribution in [0.4, 0.5) is 4.39 Å². The molecular formula is C16H22FNO2. The first-order valence-electron chi connectivity index (χ1n) is 7.05. The summed E-state index contributed by atoms with van der Waals surface area (Å²) in [5.74, 6) is -0.606. The number of nitrogens with one attached hydrogen (secondary N) is 1. The Bertz CT molecular complexity index is 482. The van der Waals surface area contributed by atoms with E-state index in [1.54, 1.807) is 12.1 Å². The zero-order valence-electron chi connectivity index (χ0n) is 12.3. The molecule has 0 spiro atoms. The van der Waals surface area contributed by atoms with E-state index in [0.717, 1.165) is 0 Å². The number of benzene rings is 1. The molecule has 0 bridgehead atoms. The molecule has 0 radical (unpaired) electrons. The first-order valence-corrected chi connectivity index (χ1v) is 7.05. The van der Waals surface area contributed by atoms with Crippen LogP contribution in [-0.4, -0.2) is 24.7 Å². The largest absolute Gasteiger partial charge is 0.460 e. The van der Waals surface area contributed by atoms with Gasteiger partial charge < -0.3 is 10.1 Å². The maximum Gasteiger partial charge on any atom is 0.310 e. The minimum Gasteiger partial charge on any atom is -0.460 e. The van der Waals surface area contributed by atoms with E-state index in [1.807, 2.05) is 26.8 Å². The molecule has 1 aliphatic rings. The van der Waals surface area contributed by atoms with Crippen molar-refractivity contribution in [2.45, 2.75) is 38.7 Å². The van der Waals surface area contributed by atoms with Gasteiger partial charge in [0.1, 0.15) is 11.4 Å². The number of esters is 1. The number of halogens is 1. The van der Waals surface area contributed by atoms with E-state index in [0.29, 0.717) is 25.1 Å². The molecule has 1 heterocycles. The van der Waals surface area contributed by atoms with Crippen LogP contribution in [0.1, 0.15) is 38.7 Å². The van der Waals surface area contributed by atoms with Gasteiger partial charge in [-0.25, -0.2) is 4.39 Å². The van der Waals surface area contributed by atoms with E-state index in [1.165, 1.54) is 6.07 Å². The number of piperidine rings is 1. The highest BCUT2D eigenvalue weighted by Gasteiger charge is 2.32. The van der Waals surface area contributed by atoms with E-state index in [9.17, 15) is 9.18 Å². The summed E-state index contributed by atoms with van der Waals surface area (Å²) in [5, 5.41) is 3.21. The highest BCUT2D eigenvalue weighted by Crippen LogP contribution is 2.29. The smallest absolute Gasteiger partial charge is 0.310 e. The first kappa shape index (κ1) is 15.0. The van der Waals surface area contributed by atoms with Crippen LogP contribution in [0.2, 0.25) is 0 Å². The Hall–Kier alpha value is -1.42. The minimum atomic E-state index is -0.484. The van der Waals surface area contributed by atoms with Crippen molar-refractivity contribution in [1.82, 2.24) is 5.32 Å². The van der Waals surface area contributed by atoms with Crippen molar-refractivity contribution in [2.24, 2.45) is 5.92 Å². The normalized spacial score (nSPS) is 23.4. The molecule has 4 heteroatoms. The maximum absolute atomic E-state index is 13.8. The van der Waals surface area contributed by atoms with Crippen molar-refractivity contribution in [3.05, 3.63) is 35.6 Å². The molecule has 1 N–H and O–H groups in total. The molecular weight excluding hydrogens is 257 g/mol. The second-order valence-corrected chi connectivity index (χ2v) is 6.34. The lowest BCUT2D eigenvalue weighted by Crippen LogP contribution is -2.41. The van der Waals surface area contributed by atoms with E-state index >= 15 is 0 Å². The van der Waals surface area contributed by atoms with Gasteiger partial charge in [0.05, 0.1) is 5.92 Å². The molecule has 2 rings (SSSR count). The molecule has 3 nitrogen and oxygen atoms in total. The number of carbonyl (C=O) groups is 1. The number of hydrogen-bond donors (Lipinski definition) is 1. The fourth-order valence-corrected chi connectivity index (χ4v) is 2.55. The Morgan fingerprint density at radius 3 is 2.65 bits per heavy atom. The molecule has 110 valence electrons. The Morgan fingerprint density at radius 1 is 1.30 bits per heavy atom. The third-order valence-electron chi connectivity index (χ3n) is 3.44. The molecule has 2 unspecified atom stereocenters. The molecule has 1 saturated heterocycles. The number of rotatable bonds is 2. The summed E-state index contributed by atoms with van der Waals surface area (Å²) in [4.78, 5) is 12.1. The Morgan fingerprint density at radius 2 is 2.00 bits per heavy atom. The van der Waals surface area contributed by atoms with Crippen LogP contribution in [0, 0.1) is 11.7 Å². The molecule has 0 aliphatic carbocycles. The van der Waals surface area contributed by atoms with Crippen molar-refractivity contribution in [3.8, 4) is 0 Å². The van der Waals surface area contributed by atoms with Crippen molar-refractivity contribution in [1.29, 1.82) is 0 Å². The molecule has 0 aromatic heterocycles. The average Bonchev–Trinajstić information content (AvgIpc) is 2.37. The van der Waals surface area contributed by atoms with E-state index in [2.05, 4.69) is 5.32 Å². The van der Waals surface area contributed by atoms with Gasteiger partial charge >= 0.3 is 5.97 Å². The summed E-state index contributed by atoms with van der Waals surface area (Å²) in [6.45, 7) is 6.86. The fourth-order valence-electron chi connectivity index (χ4n) is 2.55. The van der Waals surface area contributed by atoms with Crippen molar-refractivity contribution < 1.29 is 13.9 Å². The van der Waals surface area contributed by atoms with E-state index < -0.39 is 5.60 Å². The molecule has 2 atom stereocenters. The van der Waals surface area contributed by atoms with Crippen molar-refractivity contribution in [3.63, 3.8) is 0 Å². The molecule has 1 aromatic rings. The zero-order valence-corrected chi connectivity index (χ0v) is 12.3. The summed E-state index contributed by atoms with van der Waals surface area (Å²) in [7, 11) is 0. The van der Waals surface area contributed by atoms with Gasteiger partial charge in [0.25, 0.3) is 0 Å². The lowest BCUT2D eigenvalue weighted by molar-refractivity contribution is -0.160. The van der Waals surface area contributed by atoms with Crippen molar-refractivity contribution in [2.75, 3.05) is 13.1 Å². The van der Waals surface area contributed by atoms with Gasteiger partial charge in [0.15, 0.2) is 0 Å². The predicted octanol–water partition coefficient (Wildman–Crippen LogP) is 2.86. The van der Waals surface area contributed by atoms with Crippen LogP contribution in [0.25, 0.3) is 0 Å². The maximum atomic E-state index is 13.8. The van der Waals surface area contributed by atoms with Gasteiger partial charge in [-0.3, -0.25) is 4.79 Å². The lowest BCUT2D eigenvalue weighted by Gasteiger charge is -2.31. The number of ether oxygens (including phenoxy) is 1. The van der Waals surface area contributed by atoms with Crippen LogP contribution < -0.4 is 5.32 Å². The summed E-state index contributed by atoms with van der Waals surface area (Å²) < 4.78 is 19.2. The van der Waals surface area contributed by atoms with Crippen LogP contribution in [-0.2, 0) is 9.53 Å². The minimum absolute atomic E-state index is 0.0162. The molecule has 20 heavy (non-hydrogen) atoms. The Balaban J connectivity index is 2.06. The second kappa shape index (κ2) is 5.92. The second-order valence-electron chi connectivity index (χ2n) is 6.34. The molecule has 1 aromatic carbocycles. The molecule has 0 saturated carbocycles. The van der Waals surface area contributed by atoms with E-state index in [4.69, 9.17) is 4.74 Å². The topological polar surface area (TPSA) is 38.3 Å². The third-order valence-corrected chi connectivity index (χ3v) is 3.44. The quantitative estimate of drug-likeness (QED) is 0.846. The Labute approximate surface area is 119 Å². The third kappa shape index (κ3) is 3.79. The monoisotopic (exact) mass is 279 g/mol. The summed E-state index contributed by atoms with van der Waals surface area (Å²) in [5.41, 5.74) is 0.190. The highest BCUT2D eigenvalue weighted by molar-refractivity contribution is 5.73. The predicted molar refractivity (Wildman–Crippen MR) is 76.0 cm³/mol. The van der Waals surface area contributed by atoms with E-state index in [-0.39, 0.29) is 23.6 Å². The van der Waals surface area contributed by atoms with Crippen LogP contribution in [0.3, 0.4) is 0 Å². The summed E-state index contributed by atoms with van der Waals surface area (Å²) in [6, 6.07) is 6.77. The summed E-state index contributed by atoms with van der Waals surface area (Å²) >= 11 is 0. The average molecular weight is 279 g/mol. The zero-order chi connectivity index (χ0) is 14.8. The standard InChI is InChI=1S/C16H22FNO2/c1-16(2,3)20-15(19)12-8-11(9-18-10-12)13-6-4-5-7-14(13)17/h4-7,11-12,18H,8-10H2,1-3H3. The van der Waals surface area contributed by atoms with Gasteiger partial charge in [0.2, 0.25) is 0 Å². The first-order chi connectivity index (χ1) is 9.37. The van der Waals surface area contributed by atoms with Crippen LogP contribution >= 0.6 is 0 Å². The summed E-state index contributed by atoms with van der Waals surface area (Å²) in [6.07, 6.45) is 0.628.